The molecule has 1 fully saturated rings. The fraction of sp³-hybridized carbons (Fsp3) is 0.318. The third-order valence-electron chi connectivity index (χ3n) is 6.06. The standard InChI is InChI=1S/C22H18F4N4O2/c23-17-6-19-13(15-9-32-10-16(15)20(27)29-19)5-14(17)21(31)30-4-3-11(8-30)18-2-1-12(7-28-18)22(24,25)26/h1-2,5-7,11H,3-4,8-10H2,(H2,27,29). The van der Waals surface area contributed by atoms with Gasteiger partial charge >= 0.3 is 6.18 Å². The minimum atomic E-state index is -4.46. The summed E-state index contributed by atoms with van der Waals surface area (Å²) in [5.41, 5.74) is 7.40. The van der Waals surface area contributed by atoms with Gasteiger partial charge < -0.3 is 15.4 Å². The number of aromatic nitrogens is 2. The van der Waals surface area contributed by atoms with Crippen molar-refractivity contribution in [2.24, 2.45) is 0 Å². The minimum absolute atomic E-state index is 0.0841. The predicted octanol–water partition coefficient (Wildman–Crippen LogP) is 4.03. The average Bonchev–Trinajstić information content (AvgIpc) is 3.43. The first kappa shape index (κ1) is 20.6. The third-order valence-corrected chi connectivity index (χ3v) is 6.06. The molecule has 2 aliphatic heterocycles. The van der Waals surface area contributed by atoms with Crippen molar-refractivity contribution in [2.75, 3.05) is 18.8 Å². The molecule has 1 amide bonds. The molecule has 4 heterocycles. The second-order valence-corrected chi connectivity index (χ2v) is 8.00. The van der Waals surface area contributed by atoms with Crippen LogP contribution in [0.3, 0.4) is 0 Å². The molecule has 5 rings (SSSR count). The smallest absolute Gasteiger partial charge is 0.383 e. The van der Waals surface area contributed by atoms with Crippen LogP contribution < -0.4 is 5.73 Å². The van der Waals surface area contributed by atoms with Crippen LogP contribution >= 0.6 is 0 Å². The van der Waals surface area contributed by atoms with E-state index in [9.17, 15) is 22.4 Å². The van der Waals surface area contributed by atoms with E-state index in [1.165, 1.54) is 23.1 Å². The molecule has 1 unspecified atom stereocenters. The Kier molecular flexibility index (Phi) is 4.77. The summed E-state index contributed by atoms with van der Waals surface area (Å²) in [7, 11) is 0. The van der Waals surface area contributed by atoms with E-state index < -0.39 is 23.5 Å². The number of likely N-dealkylation sites (tertiary alicyclic amines) is 1. The monoisotopic (exact) mass is 446 g/mol. The van der Waals surface area contributed by atoms with Crippen LogP contribution in [0.4, 0.5) is 23.4 Å². The summed E-state index contributed by atoms with van der Waals surface area (Å²) in [6.07, 6.45) is -3.13. The number of anilines is 1. The van der Waals surface area contributed by atoms with E-state index >= 15 is 0 Å². The lowest BCUT2D eigenvalue weighted by atomic mass is 10.0. The van der Waals surface area contributed by atoms with Crippen molar-refractivity contribution in [1.82, 2.24) is 14.9 Å². The van der Waals surface area contributed by atoms with Crippen LogP contribution in [0.25, 0.3) is 10.9 Å². The Morgan fingerprint density at radius 3 is 2.69 bits per heavy atom. The molecule has 0 radical (unpaired) electrons. The first-order valence-electron chi connectivity index (χ1n) is 10.0. The van der Waals surface area contributed by atoms with Gasteiger partial charge in [0.05, 0.1) is 29.9 Å². The molecule has 32 heavy (non-hydrogen) atoms. The number of amides is 1. The van der Waals surface area contributed by atoms with Crippen molar-refractivity contribution < 1.29 is 27.1 Å². The lowest BCUT2D eigenvalue weighted by Crippen LogP contribution is -2.29. The summed E-state index contributed by atoms with van der Waals surface area (Å²) in [4.78, 5) is 22.7. The largest absolute Gasteiger partial charge is 0.417 e. The van der Waals surface area contributed by atoms with Gasteiger partial charge in [-0.05, 0) is 30.2 Å². The van der Waals surface area contributed by atoms with Gasteiger partial charge in [-0.2, -0.15) is 13.2 Å². The number of pyridine rings is 2. The molecule has 166 valence electrons. The molecular weight excluding hydrogens is 428 g/mol. The number of nitrogens with two attached hydrogens (primary N) is 1. The molecule has 1 saturated heterocycles. The number of benzene rings is 1. The molecule has 0 bridgehead atoms. The van der Waals surface area contributed by atoms with Crippen LogP contribution in [-0.2, 0) is 24.1 Å². The first-order chi connectivity index (χ1) is 15.2. The van der Waals surface area contributed by atoms with Crippen LogP contribution in [0.5, 0.6) is 0 Å². The van der Waals surface area contributed by atoms with Crippen molar-refractivity contribution in [1.29, 1.82) is 0 Å². The fourth-order valence-electron chi connectivity index (χ4n) is 4.33. The molecule has 1 atom stereocenters. The number of carbonyl (C=O) groups is 1. The maximum Gasteiger partial charge on any atom is 0.417 e. The number of nitrogens with zero attached hydrogens (tertiary/aromatic N) is 3. The van der Waals surface area contributed by atoms with Crippen LogP contribution in [0, 0.1) is 5.82 Å². The zero-order chi connectivity index (χ0) is 22.6. The molecule has 2 N–H and O–H groups in total. The molecule has 2 aromatic heterocycles. The van der Waals surface area contributed by atoms with Crippen LogP contribution in [0.1, 0.15) is 45.1 Å². The number of ether oxygens (including phenoxy) is 1. The van der Waals surface area contributed by atoms with Gasteiger partial charge in [0.25, 0.3) is 5.91 Å². The number of alkyl halides is 3. The highest BCUT2D eigenvalue weighted by Crippen LogP contribution is 2.34. The SMILES string of the molecule is Nc1nc2cc(F)c(C(=O)N3CCC(c4ccc(C(F)(F)F)cn4)C3)cc2c2c1COC2. The Bertz CT molecular complexity index is 1230. The van der Waals surface area contributed by atoms with E-state index in [0.717, 1.165) is 23.4 Å². The van der Waals surface area contributed by atoms with E-state index in [-0.39, 0.29) is 23.8 Å². The summed E-state index contributed by atoms with van der Waals surface area (Å²) in [6.45, 7) is 1.22. The van der Waals surface area contributed by atoms with Crippen molar-refractivity contribution >= 4 is 22.6 Å². The zero-order valence-corrected chi connectivity index (χ0v) is 16.7. The number of nitrogen functional groups attached to an aromatic ring is 1. The number of hydrogen-bond acceptors (Lipinski definition) is 5. The molecule has 0 spiro atoms. The normalized spacial score (nSPS) is 18.4. The quantitative estimate of drug-likeness (QED) is 0.602. The van der Waals surface area contributed by atoms with E-state index in [1.807, 2.05) is 0 Å². The average molecular weight is 446 g/mol. The van der Waals surface area contributed by atoms with E-state index in [0.29, 0.717) is 42.8 Å². The highest BCUT2D eigenvalue weighted by atomic mass is 19.4. The lowest BCUT2D eigenvalue weighted by Gasteiger charge is -2.18. The molecule has 6 nitrogen and oxygen atoms in total. The van der Waals surface area contributed by atoms with Crippen molar-refractivity contribution in [3.05, 3.63) is 64.2 Å². The van der Waals surface area contributed by atoms with Gasteiger partial charge in [-0.3, -0.25) is 9.78 Å². The third kappa shape index (κ3) is 3.44. The maximum atomic E-state index is 14.8. The van der Waals surface area contributed by atoms with Gasteiger partial charge in [0.2, 0.25) is 0 Å². The number of hydrogen-bond donors (Lipinski definition) is 1. The van der Waals surface area contributed by atoms with Crippen molar-refractivity contribution in [3.8, 4) is 0 Å². The van der Waals surface area contributed by atoms with Gasteiger partial charge in [0.15, 0.2) is 0 Å². The first-order valence-corrected chi connectivity index (χ1v) is 10.0. The number of halogens is 4. The Labute approximate surface area is 180 Å². The zero-order valence-electron chi connectivity index (χ0n) is 16.7. The Balaban J connectivity index is 1.40. The lowest BCUT2D eigenvalue weighted by molar-refractivity contribution is -0.137. The summed E-state index contributed by atoms with van der Waals surface area (Å²) in [5.74, 6) is -1.12. The Hall–Kier alpha value is -3.27. The van der Waals surface area contributed by atoms with Gasteiger partial charge in [-0.1, -0.05) is 0 Å². The molecule has 0 saturated carbocycles. The van der Waals surface area contributed by atoms with Gasteiger partial charge in [0, 0.05) is 47.9 Å². The van der Waals surface area contributed by atoms with Gasteiger partial charge in [0.1, 0.15) is 11.6 Å². The molecule has 3 aromatic rings. The van der Waals surface area contributed by atoms with E-state index in [2.05, 4.69) is 9.97 Å². The van der Waals surface area contributed by atoms with Gasteiger partial charge in [-0.25, -0.2) is 9.37 Å². The topological polar surface area (TPSA) is 81.3 Å². The highest BCUT2D eigenvalue weighted by molar-refractivity contribution is 5.99. The van der Waals surface area contributed by atoms with Crippen LogP contribution in [0.2, 0.25) is 0 Å². The number of fused-ring (bicyclic) bond motifs is 3. The summed E-state index contributed by atoms with van der Waals surface area (Å²) in [5, 5.41) is 0.622. The minimum Gasteiger partial charge on any atom is -0.383 e. The maximum absolute atomic E-state index is 14.8. The van der Waals surface area contributed by atoms with Crippen LogP contribution in [-0.4, -0.2) is 33.9 Å². The summed E-state index contributed by atoms with van der Waals surface area (Å²) >= 11 is 0. The number of rotatable bonds is 2. The summed E-state index contributed by atoms with van der Waals surface area (Å²) < 4.78 is 58.5. The molecule has 2 aliphatic rings. The van der Waals surface area contributed by atoms with E-state index in [4.69, 9.17) is 10.5 Å². The Morgan fingerprint density at radius 2 is 1.97 bits per heavy atom. The molecular formula is C22H18F4N4O2. The van der Waals surface area contributed by atoms with Crippen LogP contribution in [0.15, 0.2) is 30.5 Å². The molecule has 1 aromatic carbocycles. The molecule has 10 heteroatoms. The van der Waals surface area contributed by atoms with Gasteiger partial charge in [-0.15, -0.1) is 0 Å². The highest BCUT2D eigenvalue weighted by Gasteiger charge is 2.33. The second-order valence-electron chi connectivity index (χ2n) is 8.00. The molecule has 0 aliphatic carbocycles. The fourth-order valence-corrected chi connectivity index (χ4v) is 4.33. The predicted molar refractivity (Wildman–Crippen MR) is 107 cm³/mol. The van der Waals surface area contributed by atoms with Crippen molar-refractivity contribution in [2.45, 2.75) is 31.7 Å². The van der Waals surface area contributed by atoms with Crippen molar-refractivity contribution in [3.63, 3.8) is 0 Å². The number of carbonyl (C=O) groups excluding carboxylic acids is 1. The summed E-state index contributed by atoms with van der Waals surface area (Å²) in [6, 6.07) is 4.99. The Morgan fingerprint density at radius 1 is 1.19 bits per heavy atom. The van der Waals surface area contributed by atoms with E-state index in [1.54, 1.807) is 0 Å². The second kappa shape index (κ2) is 7.40.